The number of imidazole rings is 3. The Morgan fingerprint density at radius 2 is 0.986 bits per heavy atom. The number of nitrogens with one attached hydrogen (secondary N) is 2. The minimum Gasteiger partial charge on any atom is -0.423 e. The molecule has 0 spiro atoms. The van der Waals surface area contributed by atoms with Gasteiger partial charge in [0.15, 0.2) is 43.0 Å². The summed E-state index contributed by atoms with van der Waals surface area (Å²) in [4.78, 5) is 88.4. The highest BCUT2D eigenvalue weighted by Crippen LogP contribution is 2.26. The summed E-state index contributed by atoms with van der Waals surface area (Å²) >= 11 is 41.4. The first-order valence-corrected chi connectivity index (χ1v) is 24.6. The Bertz CT molecular complexity index is 3990. The molecular formula is C42H38BBr2Cl6N13O9. The number of fused-ring (bicyclic) bond motifs is 3. The van der Waals surface area contributed by atoms with Gasteiger partial charge in [-0.15, -0.1) is 0 Å². The number of rotatable bonds is 7. The summed E-state index contributed by atoms with van der Waals surface area (Å²) < 4.78 is 11.7. The zero-order chi connectivity index (χ0) is 54.1. The van der Waals surface area contributed by atoms with Crippen LogP contribution in [0.15, 0.2) is 92.8 Å². The molecule has 9 rings (SSSR count). The van der Waals surface area contributed by atoms with Gasteiger partial charge in [-0.25, -0.2) is 33.5 Å². The lowest BCUT2D eigenvalue weighted by Crippen LogP contribution is -2.38. The van der Waals surface area contributed by atoms with Gasteiger partial charge in [-0.1, -0.05) is 75.7 Å². The quantitative estimate of drug-likeness (QED) is 0.0842. The van der Waals surface area contributed by atoms with Crippen LogP contribution in [0.4, 0.5) is 5.95 Å². The Hall–Kier alpha value is -5.45. The lowest BCUT2D eigenvalue weighted by molar-refractivity contribution is 0.292. The predicted molar refractivity (Wildman–Crippen MR) is 292 cm³/mol. The monoisotopic (exact) mass is 1250 g/mol. The molecule has 0 aliphatic rings. The zero-order valence-electron chi connectivity index (χ0n) is 38.6. The number of hydrogen-bond donors (Lipinski definition) is 5. The van der Waals surface area contributed by atoms with E-state index in [1.807, 2.05) is 0 Å². The van der Waals surface area contributed by atoms with Crippen molar-refractivity contribution in [2.24, 2.45) is 42.3 Å². The van der Waals surface area contributed by atoms with E-state index >= 15 is 0 Å². The van der Waals surface area contributed by atoms with Gasteiger partial charge in [-0.05, 0) is 92.3 Å². The number of anilines is 1. The van der Waals surface area contributed by atoms with E-state index in [0.717, 1.165) is 9.13 Å². The fourth-order valence-corrected chi connectivity index (χ4v) is 8.43. The van der Waals surface area contributed by atoms with Crippen molar-refractivity contribution >= 4 is 153 Å². The summed E-state index contributed by atoms with van der Waals surface area (Å²) in [6.45, 7) is 0.530. The van der Waals surface area contributed by atoms with Crippen LogP contribution in [0, 0.1) is 0 Å². The third-order valence-corrected chi connectivity index (χ3v) is 14.4. The topological polar surface area (TPSA) is 269 Å². The lowest BCUT2D eigenvalue weighted by atomic mass is 9.80. The van der Waals surface area contributed by atoms with Gasteiger partial charge < -0.3 is 34.2 Å². The Balaban J connectivity index is 0.000000167. The average molecular weight is 1250 g/mol. The molecule has 5 N–H and O–H groups in total. The van der Waals surface area contributed by atoms with Gasteiger partial charge in [0.2, 0.25) is 5.95 Å². The maximum atomic E-state index is 13.0. The second-order valence-electron chi connectivity index (χ2n) is 15.4. The third-order valence-electron chi connectivity index (χ3n) is 10.8. The number of H-pyrrole nitrogens is 1. The van der Waals surface area contributed by atoms with E-state index in [9.17, 15) is 28.8 Å². The van der Waals surface area contributed by atoms with Gasteiger partial charge in [-0.3, -0.25) is 33.1 Å². The van der Waals surface area contributed by atoms with Crippen LogP contribution in [0.2, 0.25) is 30.1 Å². The van der Waals surface area contributed by atoms with Crippen molar-refractivity contribution in [2.75, 3.05) is 18.5 Å². The van der Waals surface area contributed by atoms with Gasteiger partial charge in [-0.2, -0.15) is 4.98 Å². The van der Waals surface area contributed by atoms with Crippen LogP contribution in [0.1, 0.15) is 6.42 Å². The molecule has 0 radical (unpaired) electrons. The lowest BCUT2D eigenvalue weighted by Gasteiger charge is -2.09. The first-order chi connectivity index (χ1) is 34.3. The molecule has 3 aromatic carbocycles. The van der Waals surface area contributed by atoms with Gasteiger partial charge in [0, 0.05) is 55.4 Å². The number of aliphatic hydroxyl groups excluding tert-OH is 1. The Labute approximate surface area is 457 Å². The van der Waals surface area contributed by atoms with Gasteiger partial charge >= 0.3 is 24.2 Å². The summed E-state index contributed by atoms with van der Waals surface area (Å²) in [6, 6.07) is 13.5. The molecule has 31 heteroatoms. The molecule has 6 aromatic heterocycles. The smallest absolute Gasteiger partial charge is 0.423 e. The zero-order valence-corrected chi connectivity index (χ0v) is 46.3. The normalized spacial score (nSPS) is 11.0. The number of aryl methyl sites for hydroxylation is 6. The van der Waals surface area contributed by atoms with Gasteiger partial charge in [0.25, 0.3) is 16.7 Å². The summed E-state index contributed by atoms with van der Waals surface area (Å²) in [5.74, 6) is 0.437. The molecule has 384 valence electrons. The van der Waals surface area contributed by atoms with Crippen molar-refractivity contribution in [1.29, 1.82) is 0 Å². The molecule has 73 heavy (non-hydrogen) atoms. The second-order valence-corrected chi connectivity index (χ2v) is 19.3. The molecule has 0 bridgehead atoms. The van der Waals surface area contributed by atoms with E-state index in [4.69, 9.17) is 84.8 Å². The molecule has 22 nitrogen and oxygen atoms in total. The minimum atomic E-state index is -1.50. The Morgan fingerprint density at radius 3 is 1.44 bits per heavy atom. The standard InChI is InChI=1S/C16H17Cl2N5O3.C13H9BrCl2N4O2.C7H7BrN4O2.C6H5BCl2O2/c1-21-12-13(20-15(21)19-6-3-7-24)22(2)16(26)23(14(12)25)9-4-5-10(17)11(18)8-9;1-18-9-10(17-12(18)14)19(2)13(22)20(11(9)21)6-3-4-7(15)8(16)5-6;1-11-3-4(9-6(11)8)12(2)7(14)10-5(3)13;8-5-2-1-4(7(10)11)3-6(5)9/h4-5,8,24H,3,6-7H2,1-2H3,(H,19,20);3-5H,1-2H3;1-2H3,(H,10,13,14);1-3,10-11H. The van der Waals surface area contributed by atoms with Crippen molar-refractivity contribution in [3.8, 4) is 11.4 Å². The van der Waals surface area contributed by atoms with Gasteiger partial charge in [0.05, 0.1) is 41.5 Å². The average Bonchev–Trinajstić information content (AvgIpc) is 3.96. The molecule has 9 aromatic rings. The van der Waals surface area contributed by atoms with Crippen molar-refractivity contribution in [3.63, 3.8) is 0 Å². The molecule has 0 saturated heterocycles. The SMILES string of the molecule is Cn1c(Br)nc2c1c(=O)[nH]c(=O)n2C.Cn1c(Br)nc2c1c(=O)n(-c1ccc(Cl)c(Cl)c1)c(=O)n2C.Cn1c(NCCCO)nc2c1c(=O)n(-c1ccc(Cl)c(Cl)c1)c(=O)n2C.OB(O)c1ccc(Cl)c(Cl)c1. The summed E-state index contributed by atoms with van der Waals surface area (Å²) in [5.41, 5.74) is -0.0347. The molecule has 0 unspecified atom stereocenters. The van der Waals surface area contributed by atoms with Crippen LogP contribution in [0.25, 0.3) is 44.9 Å². The Morgan fingerprint density at radius 1 is 0.562 bits per heavy atom. The van der Waals surface area contributed by atoms with Crippen LogP contribution in [-0.2, 0) is 42.3 Å². The van der Waals surface area contributed by atoms with E-state index < -0.39 is 40.9 Å². The van der Waals surface area contributed by atoms with Crippen LogP contribution >= 0.6 is 101 Å². The molecule has 0 saturated carbocycles. The molecule has 0 aliphatic carbocycles. The first kappa shape index (κ1) is 56.8. The van der Waals surface area contributed by atoms with Crippen LogP contribution in [0.5, 0.6) is 0 Å². The predicted octanol–water partition coefficient (Wildman–Crippen LogP) is 4.41. The van der Waals surface area contributed by atoms with Crippen LogP contribution in [0.3, 0.4) is 0 Å². The highest BCUT2D eigenvalue weighted by Gasteiger charge is 2.21. The number of aliphatic hydroxyl groups is 1. The van der Waals surface area contributed by atoms with Crippen molar-refractivity contribution in [3.05, 3.63) is 157 Å². The van der Waals surface area contributed by atoms with Gasteiger partial charge in [0.1, 0.15) is 0 Å². The van der Waals surface area contributed by atoms with E-state index in [0.29, 0.717) is 87.6 Å². The molecule has 0 atom stereocenters. The van der Waals surface area contributed by atoms with E-state index in [1.54, 1.807) is 68.1 Å². The number of nitrogens with zero attached hydrogens (tertiary/aromatic N) is 11. The highest BCUT2D eigenvalue weighted by molar-refractivity contribution is 9.10. The number of aromatic amines is 1. The van der Waals surface area contributed by atoms with Crippen molar-refractivity contribution < 1.29 is 15.2 Å². The molecule has 0 fully saturated rings. The number of aromatic nitrogens is 12. The van der Waals surface area contributed by atoms with Crippen molar-refractivity contribution in [1.82, 2.24) is 56.5 Å². The molecule has 0 amide bonds. The molecular weight excluding hydrogens is 1210 g/mol. The van der Waals surface area contributed by atoms with E-state index in [-0.39, 0.29) is 27.8 Å². The number of hydrogen-bond acceptors (Lipinski definition) is 13. The summed E-state index contributed by atoms with van der Waals surface area (Å²) in [6.07, 6.45) is 0.537. The largest absolute Gasteiger partial charge is 0.488 e. The maximum absolute atomic E-state index is 13.0. The minimum absolute atomic E-state index is 0.0412. The van der Waals surface area contributed by atoms with Crippen LogP contribution < -0.4 is 44.5 Å². The maximum Gasteiger partial charge on any atom is 0.488 e. The van der Waals surface area contributed by atoms with E-state index in [2.05, 4.69) is 57.1 Å². The number of halogens is 8. The van der Waals surface area contributed by atoms with E-state index in [1.165, 1.54) is 56.2 Å². The second kappa shape index (κ2) is 23.4. The van der Waals surface area contributed by atoms with Crippen molar-refractivity contribution in [2.45, 2.75) is 6.42 Å². The fourth-order valence-electron chi connectivity index (χ4n) is 6.85. The molecule has 0 aliphatic heterocycles. The summed E-state index contributed by atoms with van der Waals surface area (Å²) in [5, 5.41) is 31.2. The highest BCUT2D eigenvalue weighted by atomic mass is 79.9. The fraction of sp³-hybridized carbons (Fsp3) is 0.214. The Kier molecular flexibility index (Phi) is 18.2. The molecule has 6 heterocycles. The summed E-state index contributed by atoms with van der Waals surface area (Å²) in [7, 11) is 8.22. The third kappa shape index (κ3) is 11.6. The van der Waals surface area contributed by atoms with Crippen LogP contribution in [-0.4, -0.2) is 91.9 Å². The number of benzene rings is 3. The first-order valence-electron chi connectivity index (χ1n) is 20.7.